The van der Waals surface area contributed by atoms with Gasteiger partial charge in [0.15, 0.2) is 0 Å². The maximum atomic E-state index is 12.6. The number of alkyl carbamates (subject to hydrolysis) is 1. The summed E-state index contributed by atoms with van der Waals surface area (Å²) in [5.41, 5.74) is 3.66. The predicted molar refractivity (Wildman–Crippen MR) is 126 cm³/mol. The first-order chi connectivity index (χ1) is 16.3. The molecule has 2 amide bonds. The van der Waals surface area contributed by atoms with Crippen molar-refractivity contribution in [3.63, 3.8) is 0 Å². The molecule has 2 saturated heterocycles. The van der Waals surface area contributed by atoms with Crippen molar-refractivity contribution in [1.82, 2.24) is 10.2 Å². The number of benzene rings is 2. The highest BCUT2D eigenvalue weighted by atomic mass is 16.5. The monoisotopic (exact) mass is 462 g/mol. The SMILES string of the molecule is CC12CN(C(=O)CCCCNC(=O)OCC3c4ccccc4-c4ccccc43)C(C(=O)O)(C1)C2. The Morgan fingerprint density at radius 3 is 2.26 bits per heavy atom. The molecule has 3 fully saturated rings. The first-order valence-electron chi connectivity index (χ1n) is 12.0. The van der Waals surface area contributed by atoms with E-state index >= 15 is 0 Å². The molecule has 0 radical (unpaired) electrons. The summed E-state index contributed by atoms with van der Waals surface area (Å²) in [6.45, 7) is 3.24. The Kier molecular flexibility index (Phi) is 5.58. The van der Waals surface area contributed by atoms with E-state index in [9.17, 15) is 19.5 Å². The number of carbonyl (C=O) groups is 3. The predicted octanol–water partition coefficient (Wildman–Crippen LogP) is 4.16. The summed E-state index contributed by atoms with van der Waals surface area (Å²) in [6, 6.07) is 16.4. The largest absolute Gasteiger partial charge is 0.479 e. The molecule has 2 aromatic carbocycles. The highest BCUT2D eigenvalue weighted by Gasteiger charge is 2.68. The van der Waals surface area contributed by atoms with Crippen molar-refractivity contribution in [2.24, 2.45) is 5.41 Å². The third-order valence-corrected chi connectivity index (χ3v) is 7.62. The fourth-order valence-electron chi connectivity index (χ4n) is 6.17. The van der Waals surface area contributed by atoms with Gasteiger partial charge in [-0.1, -0.05) is 55.5 Å². The van der Waals surface area contributed by atoms with Crippen LogP contribution in [0, 0.1) is 5.41 Å². The normalized spacial score (nSPS) is 24.2. The van der Waals surface area contributed by atoms with Gasteiger partial charge in [-0.15, -0.1) is 0 Å². The molecule has 0 unspecified atom stereocenters. The van der Waals surface area contributed by atoms with E-state index in [1.165, 1.54) is 22.3 Å². The van der Waals surface area contributed by atoms with Gasteiger partial charge in [-0.2, -0.15) is 0 Å². The summed E-state index contributed by atoms with van der Waals surface area (Å²) >= 11 is 0. The third-order valence-electron chi connectivity index (χ3n) is 7.62. The van der Waals surface area contributed by atoms with Gasteiger partial charge in [0, 0.05) is 25.4 Å². The molecule has 6 rings (SSSR count). The van der Waals surface area contributed by atoms with Crippen molar-refractivity contribution in [2.75, 3.05) is 19.7 Å². The van der Waals surface area contributed by atoms with Gasteiger partial charge >= 0.3 is 12.1 Å². The Hall–Kier alpha value is -3.35. The van der Waals surface area contributed by atoms with Crippen LogP contribution in [0.4, 0.5) is 4.79 Å². The molecule has 2 aliphatic carbocycles. The maximum absolute atomic E-state index is 12.6. The van der Waals surface area contributed by atoms with E-state index < -0.39 is 17.6 Å². The quantitative estimate of drug-likeness (QED) is 0.575. The number of ether oxygens (including phenoxy) is 1. The van der Waals surface area contributed by atoms with E-state index in [-0.39, 0.29) is 30.3 Å². The number of aliphatic carboxylic acids is 1. The lowest BCUT2D eigenvalue weighted by Crippen LogP contribution is -2.56. The Bertz CT molecular complexity index is 1090. The Morgan fingerprint density at radius 1 is 1.03 bits per heavy atom. The molecule has 178 valence electrons. The van der Waals surface area contributed by atoms with Gasteiger partial charge in [0.25, 0.3) is 0 Å². The molecule has 2 aromatic rings. The van der Waals surface area contributed by atoms with Gasteiger partial charge in [-0.25, -0.2) is 9.59 Å². The van der Waals surface area contributed by atoms with Crippen molar-refractivity contribution in [3.05, 3.63) is 59.7 Å². The number of fused-ring (bicyclic) bond motifs is 4. The van der Waals surface area contributed by atoms with Crippen LogP contribution in [0.25, 0.3) is 11.1 Å². The molecule has 2 aliphatic heterocycles. The summed E-state index contributed by atoms with van der Waals surface area (Å²) < 4.78 is 5.53. The number of hydrogen-bond acceptors (Lipinski definition) is 4. The second kappa shape index (κ2) is 8.46. The molecule has 34 heavy (non-hydrogen) atoms. The molecule has 2 bridgehead atoms. The second-order valence-corrected chi connectivity index (χ2v) is 10.2. The molecule has 0 aromatic heterocycles. The summed E-state index contributed by atoms with van der Waals surface area (Å²) in [4.78, 5) is 38.2. The van der Waals surface area contributed by atoms with E-state index in [4.69, 9.17) is 4.74 Å². The average Bonchev–Trinajstić information content (AvgIpc) is 3.41. The van der Waals surface area contributed by atoms with Gasteiger partial charge in [0.05, 0.1) is 0 Å². The summed E-state index contributed by atoms with van der Waals surface area (Å²) in [5, 5.41) is 12.4. The molecular weight excluding hydrogens is 432 g/mol. The maximum Gasteiger partial charge on any atom is 0.407 e. The number of unbranched alkanes of at least 4 members (excludes halogenated alkanes) is 1. The van der Waals surface area contributed by atoms with E-state index in [2.05, 4.69) is 29.6 Å². The first kappa shape index (κ1) is 22.4. The van der Waals surface area contributed by atoms with Crippen molar-refractivity contribution < 1.29 is 24.2 Å². The number of amides is 2. The fourth-order valence-corrected chi connectivity index (χ4v) is 6.17. The number of carboxylic acid groups (broad SMARTS) is 1. The third kappa shape index (κ3) is 3.73. The van der Waals surface area contributed by atoms with E-state index in [0.717, 1.165) is 0 Å². The minimum absolute atomic E-state index is 0.0193. The Morgan fingerprint density at radius 2 is 1.65 bits per heavy atom. The molecule has 0 spiro atoms. The molecule has 4 aliphatic rings. The van der Waals surface area contributed by atoms with Gasteiger partial charge < -0.3 is 20.1 Å². The molecule has 2 N–H and O–H groups in total. The lowest BCUT2D eigenvalue weighted by Gasteiger charge is -2.42. The number of nitrogens with one attached hydrogen (secondary N) is 1. The topological polar surface area (TPSA) is 95.9 Å². The van der Waals surface area contributed by atoms with Crippen LogP contribution in [0.2, 0.25) is 0 Å². The van der Waals surface area contributed by atoms with Crippen molar-refractivity contribution >= 4 is 18.0 Å². The molecule has 7 nitrogen and oxygen atoms in total. The van der Waals surface area contributed by atoms with Gasteiger partial charge in [-0.05, 0) is 53.4 Å². The van der Waals surface area contributed by atoms with Crippen LogP contribution in [0.3, 0.4) is 0 Å². The first-order valence-corrected chi connectivity index (χ1v) is 12.0. The summed E-state index contributed by atoms with van der Waals surface area (Å²) in [6.07, 6.45) is 2.13. The van der Waals surface area contributed by atoms with Crippen LogP contribution >= 0.6 is 0 Å². The van der Waals surface area contributed by atoms with Crippen LogP contribution < -0.4 is 5.32 Å². The lowest BCUT2D eigenvalue weighted by atomic mass is 9.63. The zero-order chi connectivity index (χ0) is 23.9. The summed E-state index contributed by atoms with van der Waals surface area (Å²) in [5.74, 6) is -0.983. The minimum atomic E-state index is -0.995. The molecule has 1 saturated carbocycles. The van der Waals surface area contributed by atoms with Crippen LogP contribution in [0.1, 0.15) is 56.1 Å². The molecule has 7 heteroatoms. The smallest absolute Gasteiger partial charge is 0.407 e. The molecular formula is C27H30N2O5. The highest BCUT2D eigenvalue weighted by molar-refractivity contribution is 5.90. The van der Waals surface area contributed by atoms with Crippen LogP contribution in [0.5, 0.6) is 0 Å². The average molecular weight is 463 g/mol. The Labute approximate surface area is 199 Å². The van der Waals surface area contributed by atoms with Crippen LogP contribution in [-0.4, -0.2) is 53.2 Å². The second-order valence-electron chi connectivity index (χ2n) is 10.2. The Balaban J connectivity index is 1.05. The van der Waals surface area contributed by atoms with Gasteiger partial charge in [0.2, 0.25) is 5.91 Å². The number of carboxylic acids is 1. The standard InChI is InChI=1S/C27H30N2O5/c1-26-15-27(16-26,24(31)32)29(17-26)23(30)12-6-7-13-28-25(33)34-14-22-20-10-4-2-8-18(20)19-9-3-5-11-21(19)22/h2-5,8-11,22H,6-7,12-17H2,1H3,(H,28,33)(H,31,32). The van der Waals surface area contributed by atoms with Crippen LogP contribution in [0.15, 0.2) is 48.5 Å². The van der Waals surface area contributed by atoms with Crippen LogP contribution in [-0.2, 0) is 14.3 Å². The minimum Gasteiger partial charge on any atom is -0.479 e. The van der Waals surface area contributed by atoms with Crippen molar-refractivity contribution in [1.29, 1.82) is 0 Å². The van der Waals surface area contributed by atoms with Gasteiger partial charge in [-0.3, -0.25) is 4.79 Å². The van der Waals surface area contributed by atoms with Gasteiger partial charge in [0.1, 0.15) is 12.1 Å². The number of rotatable bonds is 8. The van der Waals surface area contributed by atoms with Crippen molar-refractivity contribution in [2.45, 2.75) is 50.5 Å². The number of nitrogens with zero attached hydrogens (tertiary/aromatic N) is 1. The van der Waals surface area contributed by atoms with Crippen molar-refractivity contribution in [3.8, 4) is 11.1 Å². The van der Waals surface area contributed by atoms with E-state index in [1.54, 1.807) is 4.90 Å². The number of hydrogen-bond donors (Lipinski definition) is 2. The molecule has 0 atom stereocenters. The summed E-state index contributed by atoms with van der Waals surface area (Å²) in [7, 11) is 0. The fraction of sp³-hybridized carbons (Fsp3) is 0.444. The highest BCUT2D eigenvalue weighted by Crippen LogP contribution is 2.59. The number of carbonyl (C=O) groups excluding carboxylic acids is 2. The van der Waals surface area contributed by atoms with E-state index in [0.29, 0.717) is 38.8 Å². The molecule has 2 heterocycles. The lowest BCUT2D eigenvalue weighted by molar-refractivity contribution is -0.160. The zero-order valence-electron chi connectivity index (χ0n) is 19.4. The zero-order valence-corrected chi connectivity index (χ0v) is 19.4. The van der Waals surface area contributed by atoms with E-state index in [1.807, 2.05) is 31.2 Å².